The quantitative estimate of drug-likeness (QED) is 0.0834. The monoisotopic (exact) mass is 890 g/mol. The standard InChI is InChI=1S/C28H48N6O8.C5H9NO3.C4H10.C3H6O2.CH2O/c1-8-10-16(4)29-26(40)21-11-9-14-34(21)28(42)18(6)31-27(41)23(15(2)3)33-24(38)17(5)30-25(39)20(32-19(7)35)12-13-22(36)37;1-4(7)6-3-2-5(8)9;1-4(2)3;1-2-3(4)5;1-2/h15-18,20-21,23H,8-14H2,1-7H3,(H,29,40)(H,30,39)(H,31,41)(H,32,35)(H,33,38)(H,36,37);2-3H2,1H3,(H,6,7)(H,8,9);4H,1-3H3;2H2,1H3,(H,4,5);1H2/t16-,17?,18+,20?,21?,23?;;;;/m1..../s1. The minimum absolute atomic E-state index is 0.0132. The lowest BCUT2D eigenvalue weighted by Crippen LogP contribution is -2.59. The predicted molar refractivity (Wildman–Crippen MR) is 230 cm³/mol. The Morgan fingerprint density at radius 3 is 1.56 bits per heavy atom. The SMILES string of the molecule is C=O.CC(=O)NCCC(=O)O.CC(C)C.CCC(=O)O.CCC[C@@H](C)NC(=O)C1CCCN1C(=O)[C@H](C)NC(=O)C(NC(=O)C(C)NC(=O)C(CCC(=O)O)NC(C)=O)C(C)C. The molecule has 0 radical (unpaired) electrons. The molecule has 1 aliphatic rings. The number of carbonyl (C=O) groups is 11. The number of likely N-dealkylation sites (tertiary alicyclic amines) is 1. The molecule has 21 nitrogen and oxygen atoms in total. The summed E-state index contributed by atoms with van der Waals surface area (Å²) in [5, 5.41) is 40.0. The Morgan fingerprint density at radius 1 is 0.645 bits per heavy atom. The number of amides is 7. The van der Waals surface area contributed by atoms with E-state index >= 15 is 0 Å². The molecule has 0 bridgehead atoms. The lowest BCUT2D eigenvalue weighted by molar-refractivity contribution is -0.141. The van der Waals surface area contributed by atoms with Crippen LogP contribution in [0.1, 0.15) is 134 Å². The van der Waals surface area contributed by atoms with Gasteiger partial charge in [0, 0.05) is 45.8 Å². The summed E-state index contributed by atoms with van der Waals surface area (Å²) in [6, 6.07) is -4.90. The van der Waals surface area contributed by atoms with Gasteiger partial charge in [0.25, 0.3) is 0 Å². The summed E-state index contributed by atoms with van der Waals surface area (Å²) in [5.74, 6) is -5.72. The molecular weight excluding hydrogens is 814 g/mol. The van der Waals surface area contributed by atoms with Crippen molar-refractivity contribution < 1.29 is 68.1 Å². The minimum atomic E-state index is -1.16. The molecule has 4 unspecified atom stereocenters. The average molecular weight is 890 g/mol. The Morgan fingerprint density at radius 2 is 1.15 bits per heavy atom. The van der Waals surface area contributed by atoms with Crippen molar-refractivity contribution >= 4 is 66.0 Å². The molecule has 1 aliphatic heterocycles. The van der Waals surface area contributed by atoms with Crippen LogP contribution >= 0.6 is 0 Å². The maximum Gasteiger partial charge on any atom is 0.305 e. The molecule has 21 heteroatoms. The van der Waals surface area contributed by atoms with Gasteiger partial charge in [0.1, 0.15) is 37.0 Å². The molecule has 1 fully saturated rings. The summed E-state index contributed by atoms with van der Waals surface area (Å²) >= 11 is 0. The average Bonchev–Trinajstić information content (AvgIpc) is 3.66. The molecule has 7 amide bonds. The van der Waals surface area contributed by atoms with Crippen molar-refractivity contribution in [2.45, 2.75) is 171 Å². The summed E-state index contributed by atoms with van der Waals surface area (Å²) in [6.45, 7) is 23.5. The van der Waals surface area contributed by atoms with E-state index in [0.29, 0.717) is 19.4 Å². The first-order valence-electron chi connectivity index (χ1n) is 20.7. The number of nitrogens with one attached hydrogen (secondary N) is 6. The number of nitrogens with zero attached hydrogens (tertiary/aromatic N) is 1. The molecule has 1 saturated heterocycles. The van der Waals surface area contributed by atoms with Crippen LogP contribution in [0.5, 0.6) is 0 Å². The smallest absolute Gasteiger partial charge is 0.305 e. The largest absolute Gasteiger partial charge is 0.481 e. The second-order valence-corrected chi connectivity index (χ2v) is 15.4. The van der Waals surface area contributed by atoms with Gasteiger partial charge in [-0.25, -0.2) is 0 Å². The summed E-state index contributed by atoms with van der Waals surface area (Å²) in [6.07, 6.45) is 2.61. The van der Waals surface area contributed by atoms with Crippen LogP contribution < -0.4 is 31.9 Å². The van der Waals surface area contributed by atoms with E-state index in [9.17, 15) is 47.9 Å². The van der Waals surface area contributed by atoms with E-state index in [4.69, 9.17) is 20.1 Å². The molecular formula is C41H75N7O14. The van der Waals surface area contributed by atoms with Crippen LogP contribution in [0.4, 0.5) is 0 Å². The Balaban J connectivity index is -0.000000693. The highest BCUT2D eigenvalue weighted by Gasteiger charge is 2.38. The van der Waals surface area contributed by atoms with Crippen molar-refractivity contribution in [1.82, 2.24) is 36.8 Å². The molecule has 358 valence electrons. The van der Waals surface area contributed by atoms with Gasteiger partial charge in [-0.1, -0.05) is 54.9 Å². The normalized spacial score (nSPS) is 14.8. The lowest BCUT2D eigenvalue weighted by atomic mass is 10.0. The molecule has 0 spiro atoms. The van der Waals surface area contributed by atoms with Crippen molar-refractivity contribution in [1.29, 1.82) is 0 Å². The molecule has 0 aromatic carbocycles. The van der Waals surface area contributed by atoms with E-state index in [1.807, 2.05) is 20.6 Å². The van der Waals surface area contributed by atoms with E-state index in [2.05, 4.69) is 52.7 Å². The van der Waals surface area contributed by atoms with Crippen molar-refractivity contribution in [3.8, 4) is 0 Å². The van der Waals surface area contributed by atoms with E-state index in [0.717, 1.165) is 18.8 Å². The van der Waals surface area contributed by atoms with Crippen LogP contribution in [-0.2, 0) is 52.7 Å². The zero-order chi connectivity index (χ0) is 49.3. The summed E-state index contributed by atoms with van der Waals surface area (Å²) in [4.78, 5) is 126. The highest BCUT2D eigenvalue weighted by atomic mass is 16.4. The zero-order valence-electron chi connectivity index (χ0n) is 38.7. The van der Waals surface area contributed by atoms with Crippen LogP contribution in [0.2, 0.25) is 0 Å². The molecule has 1 heterocycles. The summed E-state index contributed by atoms with van der Waals surface area (Å²) in [7, 11) is 0. The predicted octanol–water partition coefficient (Wildman–Crippen LogP) is 1.36. The van der Waals surface area contributed by atoms with Crippen LogP contribution in [0.15, 0.2) is 0 Å². The number of carboxylic acids is 3. The van der Waals surface area contributed by atoms with Crippen molar-refractivity contribution in [3.05, 3.63) is 0 Å². The number of carbonyl (C=O) groups excluding carboxylic acids is 8. The molecule has 0 aromatic rings. The van der Waals surface area contributed by atoms with Gasteiger partial charge in [-0.05, 0) is 58.3 Å². The molecule has 0 saturated carbocycles. The second kappa shape index (κ2) is 36.1. The van der Waals surface area contributed by atoms with E-state index in [-0.39, 0.29) is 56.0 Å². The van der Waals surface area contributed by atoms with Gasteiger partial charge in [0.2, 0.25) is 41.4 Å². The first kappa shape index (κ1) is 63.0. The number of hydrogen-bond acceptors (Lipinski definition) is 11. The highest BCUT2D eigenvalue weighted by Crippen LogP contribution is 2.19. The fraction of sp³-hybridized carbons (Fsp3) is 0.732. The molecule has 0 aromatic heterocycles. The molecule has 0 aliphatic carbocycles. The van der Waals surface area contributed by atoms with Crippen molar-refractivity contribution in [2.75, 3.05) is 13.1 Å². The highest BCUT2D eigenvalue weighted by molar-refractivity contribution is 5.96. The Bertz CT molecular complexity index is 1410. The maximum absolute atomic E-state index is 13.2. The zero-order valence-corrected chi connectivity index (χ0v) is 38.7. The van der Waals surface area contributed by atoms with Crippen molar-refractivity contribution in [2.24, 2.45) is 11.8 Å². The summed E-state index contributed by atoms with van der Waals surface area (Å²) < 4.78 is 0. The van der Waals surface area contributed by atoms with E-state index in [1.165, 1.54) is 32.6 Å². The van der Waals surface area contributed by atoms with E-state index in [1.54, 1.807) is 20.8 Å². The van der Waals surface area contributed by atoms with Gasteiger partial charge in [-0.2, -0.15) is 0 Å². The van der Waals surface area contributed by atoms with E-state index < -0.39 is 77.7 Å². The lowest BCUT2D eigenvalue weighted by Gasteiger charge is -2.30. The third kappa shape index (κ3) is 33.1. The fourth-order valence-electron chi connectivity index (χ4n) is 5.08. The Hall–Kier alpha value is -5.63. The van der Waals surface area contributed by atoms with Gasteiger partial charge < -0.3 is 56.9 Å². The first-order valence-corrected chi connectivity index (χ1v) is 20.7. The molecule has 62 heavy (non-hydrogen) atoms. The van der Waals surface area contributed by atoms with Gasteiger partial charge >= 0.3 is 17.9 Å². The van der Waals surface area contributed by atoms with Gasteiger partial charge in [-0.3, -0.25) is 47.9 Å². The summed E-state index contributed by atoms with van der Waals surface area (Å²) in [5.41, 5.74) is 0. The van der Waals surface area contributed by atoms with Gasteiger partial charge in [0.05, 0.1) is 6.42 Å². The van der Waals surface area contributed by atoms with Gasteiger partial charge in [-0.15, -0.1) is 0 Å². The molecule has 6 atom stereocenters. The second-order valence-electron chi connectivity index (χ2n) is 15.4. The van der Waals surface area contributed by atoms with Gasteiger partial charge in [0.15, 0.2) is 0 Å². The molecule has 9 N–H and O–H groups in total. The maximum atomic E-state index is 13.2. The minimum Gasteiger partial charge on any atom is -0.481 e. The van der Waals surface area contributed by atoms with Crippen molar-refractivity contribution in [3.63, 3.8) is 0 Å². The Kier molecular flexibility index (Phi) is 36.7. The van der Waals surface area contributed by atoms with Crippen LogP contribution in [0.25, 0.3) is 0 Å². The third-order valence-corrected chi connectivity index (χ3v) is 8.03. The third-order valence-electron chi connectivity index (χ3n) is 8.03. The number of aliphatic carboxylic acids is 3. The number of carboxylic acid groups (broad SMARTS) is 3. The topological polar surface area (TPSA) is 324 Å². The number of rotatable bonds is 20. The molecule has 1 rings (SSSR count). The van der Waals surface area contributed by atoms with Crippen LogP contribution in [0.3, 0.4) is 0 Å². The van der Waals surface area contributed by atoms with Crippen LogP contribution in [0, 0.1) is 11.8 Å². The fourth-order valence-corrected chi connectivity index (χ4v) is 5.08. The first-order chi connectivity index (χ1) is 28.7. The Labute approximate surface area is 366 Å². The van der Waals surface area contributed by atoms with Crippen LogP contribution in [-0.4, -0.2) is 136 Å². The number of hydrogen-bond donors (Lipinski definition) is 9.